The van der Waals surface area contributed by atoms with Crippen LogP contribution in [0.4, 0.5) is 13.2 Å². The van der Waals surface area contributed by atoms with Crippen LogP contribution in [-0.4, -0.2) is 43.4 Å². The first-order valence-corrected chi connectivity index (χ1v) is 10.3. The average Bonchev–Trinajstić information content (AvgIpc) is 2.97. The summed E-state index contributed by atoms with van der Waals surface area (Å²) in [6.45, 7) is 5.25. The fourth-order valence-corrected chi connectivity index (χ4v) is 4.20. The molecule has 0 aliphatic carbocycles. The molecule has 0 saturated carbocycles. The summed E-state index contributed by atoms with van der Waals surface area (Å²) in [5, 5.41) is 12.1. The van der Waals surface area contributed by atoms with Gasteiger partial charge in [-0.25, -0.2) is 4.98 Å². The highest BCUT2D eigenvalue weighted by Gasteiger charge is 2.58. The fraction of sp³-hybridized carbons (Fsp3) is 0.529. The molecule has 0 fully saturated rings. The number of thiazole rings is 1. The van der Waals surface area contributed by atoms with Gasteiger partial charge in [0.2, 0.25) is 11.5 Å². The lowest BCUT2D eigenvalue weighted by atomic mass is 9.99. The average molecular weight is 422 g/mol. The van der Waals surface area contributed by atoms with Crippen molar-refractivity contribution in [3.63, 3.8) is 0 Å². The van der Waals surface area contributed by atoms with Crippen LogP contribution in [0.3, 0.4) is 0 Å². The number of nitrogens with zero attached hydrogens (tertiary/aromatic N) is 1. The molecular formula is C17H21F3N2O3S2. The molecule has 2 aromatic rings. The van der Waals surface area contributed by atoms with E-state index >= 15 is 0 Å². The van der Waals surface area contributed by atoms with Gasteiger partial charge in [0.05, 0.1) is 16.6 Å². The Bertz CT molecular complexity index is 813. The van der Waals surface area contributed by atoms with Gasteiger partial charge in [0.15, 0.2) is 0 Å². The van der Waals surface area contributed by atoms with Crippen LogP contribution in [0.5, 0.6) is 0 Å². The number of para-hydroxylation sites is 1. The zero-order chi connectivity index (χ0) is 20.5. The summed E-state index contributed by atoms with van der Waals surface area (Å²) in [6.07, 6.45) is -6.29. The molecular weight excluding hydrogens is 401 g/mol. The Morgan fingerprint density at radius 3 is 2.44 bits per heavy atom. The maximum absolute atomic E-state index is 13.6. The third-order valence-corrected chi connectivity index (χ3v) is 6.95. The Balaban J connectivity index is 2.14. The monoisotopic (exact) mass is 422 g/mol. The number of alkyl halides is 3. The number of fused-ring (bicyclic) bond motifs is 1. The first kappa shape index (κ1) is 21.8. The zero-order valence-corrected chi connectivity index (χ0v) is 16.7. The third-order valence-electron chi connectivity index (χ3n) is 3.83. The molecule has 0 radical (unpaired) electrons. The van der Waals surface area contributed by atoms with Crippen molar-refractivity contribution in [2.24, 2.45) is 0 Å². The van der Waals surface area contributed by atoms with Crippen molar-refractivity contribution in [3.8, 4) is 0 Å². The number of aliphatic hydroxyl groups is 1. The maximum atomic E-state index is 13.6. The van der Waals surface area contributed by atoms with Gasteiger partial charge in [0.1, 0.15) is 5.01 Å². The van der Waals surface area contributed by atoms with E-state index in [1.165, 1.54) is 6.07 Å². The van der Waals surface area contributed by atoms with Gasteiger partial charge >= 0.3 is 6.18 Å². The van der Waals surface area contributed by atoms with E-state index < -0.39 is 44.7 Å². The molecule has 2 rings (SSSR count). The van der Waals surface area contributed by atoms with Crippen LogP contribution in [0.15, 0.2) is 24.3 Å². The summed E-state index contributed by atoms with van der Waals surface area (Å²) in [5.41, 5.74) is -3.06. The van der Waals surface area contributed by atoms with Crippen molar-refractivity contribution >= 4 is 38.3 Å². The lowest BCUT2D eigenvalue weighted by Gasteiger charge is -2.28. The van der Waals surface area contributed by atoms with Crippen LogP contribution in [0.1, 0.15) is 32.2 Å². The molecule has 1 aromatic carbocycles. The molecule has 0 unspecified atom stereocenters. The minimum Gasteiger partial charge on any atom is -0.374 e. The standard InChI is InChI=1S/C17H21F3N2O3S2/c1-15(2,3)27(25)9-8-21-13(23)10-16(24,17(18,19)20)14-22-11-6-4-5-7-12(11)26-14/h4-7,24H,8-10H2,1-3H3,(H,21,23)/t16-,27+/m1/s1. The molecule has 0 aliphatic heterocycles. The Labute approximate surface area is 161 Å². The number of nitrogens with one attached hydrogen (secondary N) is 1. The van der Waals surface area contributed by atoms with E-state index in [0.29, 0.717) is 21.6 Å². The molecule has 0 aliphatic rings. The summed E-state index contributed by atoms with van der Waals surface area (Å²) in [6, 6.07) is 6.41. The van der Waals surface area contributed by atoms with Crippen LogP contribution < -0.4 is 5.32 Å². The number of amides is 1. The molecule has 2 atom stereocenters. The first-order valence-electron chi connectivity index (χ1n) is 8.15. The number of carbonyl (C=O) groups excluding carboxylic acids is 1. The third kappa shape index (κ3) is 5.05. The molecule has 150 valence electrons. The molecule has 1 aromatic heterocycles. The van der Waals surface area contributed by atoms with Crippen molar-refractivity contribution in [2.45, 2.75) is 43.7 Å². The normalized spacial score (nSPS) is 16.1. The Morgan fingerprint density at radius 2 is 1.89 bits per heavy atom. The second kappa shape index (κ2) is 7.84. The van der Waals surface area contributed by atoms with Crippen molar-refractivity contribution in [1.82, 2.24) is 10.3 Å². The SMILES string of the molecule is CC(C)(C)[S@@](=O)CCNC(=O)C[C@@](O)(c1nc2ccccc2s1)C(F)(F)F. The highest BCUT2D eigenvalue weighted by molar-refractivity contribution is 7.86. The number of aromatic nitrogens is 1. The van der Waals surface area contributed by atoms with Crippen LogP contribution in [-0.2, 0) is 21.2 Å². The molecule has 0 saturated heterocycles. The predicted octanol–water partition coefficient (Wildman–Crippen LogP) is 3.10. The van der Waals surface area contributed by atoms with Crippen molar-refractivity contribution in [2.75, 3.05) is 12.3 Å². The van der Waals surface area contributed by atoms with Gasteiger partial charge in [-0.15, -0.1) is 11.3 Å². The summed E-state index contributed by atoms with van der Waals surface area (Å²) >= 11 is 0.695. The Hall–Kier alpha value is -1.52. The topological polar surface area (TPSA) is 79.3 Å². The van der Waals surface area contributed by atoms with Gasteiger partial charge in [-0.3, -0.25) is 9.00 Å². The van der Waals surface area contributed by atoms with Crippen LogP contribution in [0, 0.1) is 0 Å². The smallest absolute Gasteiger partial charge is 0.374 e. The van der Waals surface area contributed by atoms with Crippen LogP contribution in [0.25, 0.3) is 10.2 Å². The summed E-state index contributed by atoms with van der Waals surface area (Å²) in [5.74, 6) is -0.874. The molecule has 2 N–H and O–H groups in total. The number of hydrogen-bond acceptors (Lipinski definition) is 5. The second-order valence-corrected chi connectivity index (χ2v) is 10.4. The van der Waals surface area contributed by atoms with E-state index in [-0.39, 0.29) is 12.3 Å². The Kier molecular flexibility index (Phi) is 6.33. The number of hydrogen-bond donors (Lipinski definition) is 2. The number of carbonyl (C=O) groups is 1. The maximum Gasteiger partial charge on any atom is 0.424 e. The summed E-state index contributed by atoms with van der Waals surface area (Å²) < 4.78 is 52.6. The quantitative estimate of drug-likeness (QED) is 0.750. The minimum absolute atomic E-state index is 0.0451. The van der Waals surface area contributed by atoms with E-state index in [9.17, 15) is 27.3 Å². The van der Waals surface area contributed by atoms with E-state index in [1.807, 2.05) is 0 Å². The number of benzene rings is 1. The van der Waals surface area contributed by atoms with E-state index in [1.54, 1.807) is 39.0 Å². The van der Waals surface area contributed by atoms with Gasteiger partial charge in [-0.1, -0.05) is 12.1 Å². The molecule has 1 heterocycles. The first-order chi connectivity index (χ1) is 12.3. The van der Waals surface area contributed by atoms with Crippen LogP contribution >= 0.6 is 11.3 Å². The minimum atomic E-state index is -5.08. The van der Waals surface area contributed by atoms with E-state index in [2.05, 4.69) is 10.3 Å². The zero-order valence-electron chi connectivity index (χ0n) is 15.1. The van der Waals surface area contributed by atoms with Gasteiger partial charge < -0.3 is 10.4 Å². The highest BCUT2D eigenvalue weighted by Crippen LogP contribution is 2.44. The summed E-state index contributed by atoms with van der Waals surface area (Å²) in [4.78, 5) is 15.9. The van der Waals surface area contributed by atoms with Crippen molar-refractivity contribution in [3.05, 3.63) is 29.3 Å². The predicted molar refractivity (Wildman–Crippen MR) is 100.0 cm³/mol. The van der Waals surface area contributed by atoms with Gasteiger partial charge in [-0.05, 0) is 32.9 Å². The molecule has 5 nitrogen and oxygen atoms in total. The Morgan fingerprint density at radius 1 is 1.26 bits per heavy atom. The molecule has 27 heavy (non-hydrogen) atoms. The fourth-order valence-electron chi connectivity index (χ4n) is 2.23. The van der Waals surface area contributed by atoms with Gasteiger partial charge in [0.25, 0.3) is 0 Å². The van der Waals surface area contributed by atoms with Crippen molar-refractivity contribution < 1.29 is 27.3 Å². The molecule has 0 bridgehead atoms. The molecule has 0 spiro atoms. The summed E-state index contributed by atoms with van der Waals surface area (Å²) in [7, 11) is -1.25. The molecule has 10 heteroatoms. The second-order valence-electron chi connectivity index (χ2n) is 7.03. The lowest BCUT2D eigenvalue weighted by Crippen LogP contribution is -2.46. The van der Waals surface area contributed by atoms with E-state index in [4.69, 9.17) is 0 Å². The van der Waals surface area contributed by atoms with Gasteiger partial charge in [-0.2, -0.15) is 13.2 Å². The largest absolute Gasteiger partial charge is 0.424 e. The number of halogens is 3. The highest BCUT2D eigenvalue weighted by atomic mass is 32.2. The van der Waals surface area contributed by atoms with Crippen molar-refractivity contribution in [1.29, 1.82) is 0 Å². The van der Waals surface area contributed by atoms with Gasteiger partial charge in [0, 0.05) is 27.8 Å². The molecule has 1 amide bonds. The van der Waals surface area contributed by atoms with E-state index in [0.717, 1.165) is 0 Å². The van der Waals surface area contributed by atoms with Crippen LogP contribution in [0.2, 0.25) is 0 Å². The number of rotatable bonds is 6. The lowest BCUT2D eigenvalue weighted by molar-refractivity contribution is -0.267.